The van der Waals surface area contributed by atoms with Crippen LogP contribution in [-0.2, 0) is 19.3 Å². The zero-order chi connectivity index (χ0) is 13.9. The Morgan fingerprint density at radius 2 is 2.10 bits per heavy atom. The topological polar surface area (TPSA) is 21.3 Å². The van der Waals surface area contributed by atoms with E-state index in [4.69, 9.17) is 16.3 Å². The molecule has 1 heterocycles. The predicted molar refractivity (Wildman–Crippen MR) is 84.0 cm³/mol. The van der Waals surface area contributed by atoms with E-state index in [1.165, 1.54) is 55.2 Å². The summed E-state index contributed by atoms with van der Waals surface area (Å²) in [7, 11) is 1.75. The Bertz CT molecular complexity index is 480. The van der Waals surface area contributed by atoms with Gasteiger partial charge in [0.15, 0.2) is 0 Å². The summed E-state index contributed by atoms with van der Waals surface area (Å²) in [6.45, 7) is 1.14. The Labute approximate surface area is 126 Å². The Morgan fingerprint density at radius 1 is 1.25 bits per heavy atom. The van der Waals surface area contributed by atoms with Crippen molar-refractivity contribution in [3.63, 3.8) is 0 Å². The summed E-state index contributed by atoms with van der Waals surface area (Å²) in [5, 5.41) is 4.44. The minimum Gasteiger partial charge on any atom is -0.495 e. The van der Waals surface area contributed by atoms with Crippen LogP contribution in [0.15, 0.2) is 6.07 Å². The summed E-state index contributed by atoms with van der Waals surface area (Å²) >= 11 is 6.64. The minimum absolute atomic E-state index is 0.587. The lowest BCUT2D eigenvalue weighted by Gasteiger charge is -2.19. The summed E-state index contributed by atoms with van der Waals surface area (Å²) < 4.78 is 5.63. The highest BCUT2D eigenvalue weighted by Gasteiger charge is 2.22. The summed E-state index contributed by atoms with van der Waals surface area (Å²) in [6.07, 6.45) is 9.71. The van der Waals surface area contributed by atoms with Crippen molar-refractivity contribution in [2.45, 2.75) is 57.4 Å². The van der Waals surface area contributed by atoms with Crippen molar-refractivity contribution in [3.05, 3.63) is 27.8 Å². The lowest BCUT2D eigenvalue weighted by molar-refractivity contribution is 0.406. The number of halogens is 1. The zero-order valence-corrected chi connectivity index (χ0v) is 13.1. The quantitative estimate of drug-likeness (QED) is 0.853. The second kappa shape index (κ2) is 6.36. The van der Waals surface area contributed by atoms with Crippen LogP contribution in [0.5, 0.6) is 5.75 Å². The van der Waals surface area contributed by atoms with E-state index in [2.05, 4.69) is 11.4 Å². The van der Waals surface area contributed by atoms with Gasteiger partial charge in [0.1, 0.15) is 5.75 Å². The van der Waals surface area contributed by atoms with Gasteiger partial charge in [0, 0.05) is 6.04 Å². The number of aryl methyl sites for hydroxylation is 1. The van der Waals surface area contributed by atoms with Crippen LogP contribution in [0.25, 0.3) is 0 Å². The van der Waals surface area contributed by atoms with Gasteiger partial charge in [-0.15, -0.1) is 0 Å². The number of hydrogen-bond donors (Lipinski definition) is 1. The summed E-state index contributed by atoms with van der Waals surface area (Å²) in [6, 6.07) is 2.95. The molecule has 1 N–H and O–H groups in total. The first-order valence-electron chi connectivity index (χ1n) is 7.90. The molecule has 2 aliphatic rings. The van der Waals surface area contributed by atoms with Crippen LogP contribution in [0.4, 0.5) is 0 Å². The van der Waals surface area contributed by atoms with E-state index in [-0.39, 0.29) is 0 Å². The number of methoxy groups -OCH3 is 1. The Balaban J connectivity index is 1.95. The standard InChI is InChI=1S/C17H24ClNO/c1-20-17-13(11-14-7-5-9-19-14)10-12-6-3-2-4-8-15(12)16(17)18/h10,14,19H,2-9,11H2,1H3. The molecule has 0 saturated carbocycles. The third-order valence-corrected chi connectivity index (χ3v) is 5.10. The smallest absolute Gasteiger partial charge is 0.140 e. The number of ether oxygens (including phenoxy) is 1. The maximum Gasteiger partial charge on any atom is 0.140 e. The van der Waals surface area contributed by atoms with Crippen molar-refractivity contribution < 1.29 is 4.74 Å². The van der Waals surface area contributed by atoms with Crippen LogP contribution < -0.4 is 10.1 Å². The largest absolute Gasteiger partial charge is 0.495 e. The molecule has 0 bridgehead atoms. The fourth-order valence-corrected chi connectivity index (χ4v) is 4.05. The average molecular weight is 294 g/mol. The van der Waals surface area contributed by atoms with Crippen molar-refractivity contribution >= 4 is 11.6 Å². The van der Waals surface area contributed by atoms with E-state index in [0.717, 1.165) is 30.2 Å². The number of benzene rings is 1. The van der Waals surface area contributed by atoms with E-state index >= 15 is 0 Å². The first-order chi connectivity index (χ1) is 9.79. The monoisotopic (exact) mass is 293 g/mol. The second-order valence-electron chi connectivity index (χ2n) is 6.08. The molecule has 1 atom stereocenters. The molecule has 110 valence electrons. The molecule has 1 aliphatic heterocycles. The molecule has 1 aromatic carbocycles. The third-order valence-electron chi connectivity index (χ3n) is 4.70. The maximum atomic E-state index is 6.64. The molecule has 1 unspecified atom stereocenters. The van der Waals surface area contributed by atoms with E-state index in [0.29, 0.717) is 6.04 Å². The van der Waals surface area contributed by atoms with Gasteiger partial charge in [0.25, 0.3) is 0 Å². The average Bonchev–Trinajstić information content (AvgIpc) is 2.83. The zero-order valence-electron chi connectivity index (χ0n) is 12.3. The lowest BCUT2D eigenvalue weighted by atomic mass is 9.95. The lowest BCUT2D eigenvalue weighted by Crippen LogP contribution is -2.24. The van der Waals surface area contributed by atoms with Crippen LogP contribution in [0.3, 0.4) is 0 Å². The van der Waals surface area contributed by atoms with Crippen LogP contribution in [0.2, 0.25) is 5.02 Å². The van der Waals surface area contributed by atoms with Crippen molar-refractivity contribution in [2.24, 2.45) is 0 Å². The normalized spacial score (nSPS) is 22.4. The highest BCUT2D eigenvalue weighted by molar-refractivity contribution is 6.33. The SMILES string of the molecule is COc1c(CC2CCCN2)cc2c(c1Cl)CCCCC2. The number of fused-ring (bicyclic) bond motifs is 1. The molecule has 1 fully saturated rings. The van der Waals surface area contributed by atoms with Gasteiger partial charge in [-0.05, 0) is 68.2 Å². The van der Waals surface area contributed by atoms with Gasteiger partial charge in [-0.1, -0.05) is 24.1 Å². The Hall–Kier alpha value is -0.730. The molecule has 3 heteroatoms. The fourth-order valence-electron chi connectivity index (χ4n) is 3.64. The molecular weight excluding hydrogens is 270 g/mol. The van der Waals surface area contributed by atoms with Gasteiger partial charge in [-0.3, -0.25) is 0 Å². The van der Waals surface area contributed by atoms with E-state index in [1.807, 2.05) is 0 Å². The van der Waals surface area contributed by atoms with Gasteiger partial charge in [-0.2, -0.15) is 0 Å². The second-order valence-corrected chi connectivity index (χ2v) is 6.46. The van der Waals surface area contributed by atoms with Gasteiger partial charge < -0.3 is 10.1 Å². The van der Waals surface area contributed by atoms with E-state index in [1.54, 1.807) is 7.11 Å². The van der Waals surface area contributed by atoms with E-state index < -0.39 is 0 Å². The fraction of sp³-hybridized carbons (Fsp3) is 0.647. The molecule has 0 amide bonds. The Morgan fingerprint density at radius 3 is 2.85 bits per heavy atom. The molecule has 2 nitrogen and oxygen atoms in total. The predicted octanol–water partition coefficient (Wildman–Crippen LogP) is 3.91. The van der Waals surface area contributed by atoms with Gasteiger partial charge >= 0.3 is 0 Å². The molecule has 0 radical (unpaired) electrons. The molecule has 0 aromatic heterocycles. The summed E-state index contributed by atoms with van der Waals surface area (Å²) in [5.41, 5.74) is 4.09. The van der Waals surface area contributed by atoms with Crippen molar-refractivity contribution in [2.75, 3.05) is 13.7 Å². The highest BCUT2D eigenvalue weighted by Crippen LogP contribution is 2.38. The molecular formula is C17H24ClNO. The third kappa shape index (κ3) is 2.82. The number of hydrogen-bond acceptors (Lipinski definition) is 2. The number of nitrogens with one attached hydrogen (secondary N) is 1. The van der Waals surface area contributed by atoms with Crippen molar-refractivity contribution in [3.8, 4) is 5.75 Å². The minimum atomic E-state index is 0.587. The number of rotatable bonds is 3. The van der Waals surface area contributed by atoms with Crippen molar-refractivity contribution in [1.29, 1.82) is 0 Å². The Kier molecular flexibility index (Phi) is 4.52. The van der Waals surface area contributed by atoms with E-state index in [9.17, 15) is 0 Å². The molecule has 1 aromatic rings. The van der Waals surface area contributed by atoms with Crippen molar-refractivity contribution in [1.82, 2.24) is 5.32 Å². The first-order valence-corrected chi connectivity index (χ1v) is 8.28. The van der Waals surface area contributed by atoms with Gasteiger partial charge in [-0.25, -0.2) is 0 Å². The molecule has 3 rings (SSSR count). The molecule has 1 saturated heterocycles. The van der Waals surface area contributed by atoms with Crippen LogP contribution in [0, 0.1) is 0 Å². The summed E-state index contributed by atoms with van der Waals surface area (Å²) in [5.74, 6) is 0.918. The van der Waals surface area contributed by atoms with Gasteiger partial charge in [0.05, 0.1) is 12.1 Å². The van der Waals surface area contributed by atoms with Crippen LogP contribution >= 0.6 is 11.6 Å². The van der Waals surface area contributed by atoms with Gasteiger partial charge in [0.2, 0.25) is 0 Å². The van der Waals surface area contributed by atoms with Crippen LogP contribution in [0.1, 0.15) is 48.8 Å². The molecule has 0 spiro atoms. The highest BCUT2D eigenvalue weighted by atomic mass is 35.5. The maximum absolute atomic E-state index is 6.64. The first kappa shape index (κ1) is 14.2. The van der Waals surface area contributed by atoms with Crippen LogP contribution in [-0.4, -0.2) is 19.7 Å². The summed E-state index contributed by atoms with van der Waals surface area (Å²) in [4.78, 5) is 0. The molecule has 1 aliphatic carbocycles. The molecule has 20 heavy (non-hydrogen) atoms.